The molecule has 2 aromatic heterocycles. The molecule has 0 atom stereocenters. The highest BCUT2D eigenvalue weighted by Gasteiger charge is 2.12. The number of anilines is 1. The molecule has 0 aliphatic heterocycles. The van der Waals surface area contributed by atoms with Crippen molar-refractivity contribution in [1.29, 1.82) is 0 Å². The van der Waals surface area contributed by atoms with Crippen LogP contribution in [0.25, 0.3) is 0 Å². The third-order valence-electron chi connectivity index (χ3n) is 1.95. The van der Waals surface area contributed by atoms with Gasteiger partial charge in [-0.1, -0.05) is 34.8 Å². The van der Waals surface area contributed by atoms with E-state index in [9.17, 15) is 0 Å². The summed E-state index contributed by atoms with van der Waals surface area (Å²) in [6.07, 6.45) is 1.64. The van der Waals surface area contributed by atoms with Gasteiger partial charge in [-0.15, -0.1) is 0 Å². The first-order valence-electron chi connectivity index (χ1n) is 4.73. The molecule has 0 aliphatic carbocycles. The van der Waals surface area contributed by atoms with Crippen molar-refractivity contribution in [2.75, 3.05) is 5.43 Å². The SMILES string of the molecule is NNc1nc(Sc2ncccc2Cl)c(Cl)cc1Cl. The molecule has 4 nitrogen and oxygen atoms in total. The van der Waals surface area contributed by atoms with Crippen LogP contribution in [-0.2, 0) is 0 Å². The zero-order valence-electron chi connectivity index (χ0n) is 8.82. The lowest BCUT2D eigenvalue weighted by molar-refractivity contribution is 1.08. The Morgan fingerprint density at radius 3 is 2.56 bits per heavy atom. The predicted octanol–water partition coefficient (Wildman–Crippen LogP) is 3.87. The van der Waals surface area contributed by atoms with Crippen molar-refractivity contribution in [3.63, 3.8) is 0 Å². The third-order valence-corrected chi connectivity index (χ3v) is 4.08. The topological polar surface area (TPSA) is 63.8 Å². The fourth-order valence-corrected chi connectivity index (χ4v) is 2.68. The normalized spacial score (nSPS) is 10.4. The van der Waals surface area contributed by atoms with Gasteiger partial charge in [-0.2, -0.15) is 0 Å². The van der Waals surface area contributed by atoms with Crippen LogP contribution in [0.4, 0.5) is 5.82 Å². The van der Waals surface area contributed by atoms with Gasteiger partial charge in [0.1, 0.15) is 10.1 Å². The summed E-state index contributed by atoms with van der Waals surface area (Å²) in [5.74, 6) is 5.65. The van der Waals surface area contributed by atoms with E-state index in [2.05, 4.69) is 15.4 Å². The number of aromatic nitrogens is 2. The van der Waals surface area contributed by atoms with Gasteiger partial charge in [-0.3, -0.25) is 0 Å². The zero-order chi connectivity index (χ0) is 13.1. The van der Waals surface area contributed by atoms with Crippen LogP contribution in [0.5, 0.6) is 0 Å². The highest BCUT2D eigenvalue weighted by molar-refractivity contribution is 7.99. The summed E-state index contributed by atoms with van der Waals surface area (Å²) >= 11 is 19.2. The first-order valence-corrected chi connectivity index (χ1v) is 6.68. The van der Waals surface area contributed by atoms with Crippen LogP contribution < -0.4 is 11.3 Å². The number of nitrogens with zero attached hydrogens (tertiary/aromatic N) is 2. The predicted molar refractivity (Wildman–Crippen MR) is 75.4 cm³/mol. The minimum atomic E-state index is 0.343. The van der Waals surface area contributed by atoms with Gasteiger partial charge in [0, 0.05) is 6.20 Å². The van der Waals surface area contributed by atoms with Crippen molar-refractivity contribution in [1.82, 2.24) is 9.97 Å². The van der Waals surface area contributed by atoms with Crippen molar-refractivity contribution >= 4 is 52.4 Å². The zero-order valence-corrected chi connectivity index (χ0v) is 11.9. The molecule has 0 saturated carbocycles. The van der Waals surface area contributed by atoms with E-state index in [1.807, 2.05) is 0 Å². The molecule has 2 rings (SSSR count). The number of pyridine rings is 2. The summed E-state index contributed by atoms with van der Waals surface area (Å²) in [7, 11) is 0. The molecule has 0 radical (unpaired) electrons. The Kier molecular flexibility index (Phi) is 4.53. The monoisotopic (exact) mass is 320 g/mol. The fraction of sp³-hybridized carbons (Fsp3) is 0. The van der Waals surface area contributed by atoms with Crippen LogP contribution in [-0.4, -0.2) is 9.97 Å². The number of hydrogen-bond donors (Lipinski definition) is 2. The molecule has 0 unspecified atom stereocenters. The van der Waals surface area contributed by atoms with Gasteiger partial charge >= 0.3 is 0 Å². The maximum absolute atomic E-state index is 6.05. The lowest BCUT2D eigenvalue weighted by atomic mass is 10.4. The summed E-state index contributed by atoms with van der Waals surface area (Å²) < 4.78 is 0. The Labute approximate surface area is 123 Å². The molecule has 18 heavy (non-hydrogen) atoms. The molecule has 0 bridgehead atoms. The number of hydrazine groups is 1. The number of rotatable bonds is 3. The molecule has 0 saturated heterocycles. The number of hydrogen-bond acceptors (Lipinski definition) is 5. The van der Waals surface area contributed by atoms with Gasteiger partial charge in [-0.25, -0.2) is 15.8 Å². The van der Waals surface area contributed by atoms with E-state index in [1.165, 1.54) is 11.8 Å². The van der Waals surface area contributed by atoms with Gasteiger partial charge in [0.05, 0.1) is 15.1 Å². The van der Waals surface area contributed by atoms with Crippen molar-refractivity contribution in [2.24, 2.45) is 5.84 Å². The Morgan fingerprint density at radius 1 is 1.11 bits per heavy atom. The molecule has 0 amide bonds. The van der Waals surface area contributed by atoms with E-state index in [4.69, 9.17) is 40.6 Å². The van der Waals surface area contributed by atoms with Crippen molar-refractivity contribution in [3.8, 4) is 0 Å². The quantitative estimate of drug-likeness (QED) is 0.663. The standard InChI is InChI=1S/C10H7Cl3N4S/c11-5-2-1-3-15-9(5)18-10-7(13)4-6(12)8(16-10)17-14/h1-4H,14H2,(H,16,17). The highest BCUT2D eigenvalue weighted by Crippen LogP contribution is 2.37. The Morgan fingerprint density at radius 2 is 1.89 bits per heavy atom. The molecule has 0 aromatic carbocycles. The smallest absolute Gasteiger partial charge is 0.160 e. The molecule has 0 aliphatic rings. The van der Waals surface area contributed by atoms with Gasteiger partial charge in [0.25, 0.3) is 0 Å². The number of nitrogens with one attached hydrogen (secondary N) is 1. The van der Waals surface area contributed by atoms with Gasteiger partial charge < -0.3 is 5.43 Å². The Hall–Kier alpha value is -0.720. The third kappa shape index (κ3) is 2.99. The fourth-order valence-electron chi connectivity index (χ4n) is 1.16. The summed E-state index contributed by atoms with van der Waals surface area (Å²) in [6.45, 7) is 0. The Balaban J connectivity index is 2.38. The summed E-state index contributed by atoms with van der Waals surface area (Å²) in [4.78, 5) is 8.33. The Bertz CT molecular complexity index is 579. The second-order valence-corrected chi connectivity index (χ2v) is 5.34. The van der Waals surface area contributed by atoms with Crippen molar-refractivity contribution in [2.45, 2.75) is 10.1 Å². The van der Waals surface area contributed by atoms with Crippen LogP contribution in [0.15, 0.2) is 34.4 Å². The summed E-state index contributed by atoms with van der Waals surface area (Å²) in [6, 6.07) is 5.05. The minimum Gasteiger partial charge on any atom is -0.307 e. The van der Waals surface area contributed by atoms with Gasteiger partial charge in [-0.05, 0) is 30.0 Å². The largest absolute Gasteiger partial charge is 0.307 e. The lowest BCUT2D eigenvalue weighted by Gasteiger charge is -2.08. The number of nitrogens with two attached hydrogens (primary N) is 1. The van der Waals surface area contributed by atoms with Crippen LogP contribution in [0.1, 0.15) is 0 Å². The molecule has 0 fully saturated rings. The average molecular weight is 322 g/mol. The maximum atomic E-state index is 6.05. The molecule has 94 valence electrons. The van der Waals surface area contributed by atoms with Crippen LogP contribution >= 0.6 is 46.6 Å². The molecular weight excluding hydrogens is 315 g/mol. The van der Waals surface area contributed by atoms with Gasteiger partial charge in [0.2, 0.25) is 0 Å². The highest BCUT2D eigenvalue weighted by atomic mass is 35.5. The average Bonchev–Trinajstić information content (AvgIpc) is 2.35. The van der Waals surface area contributed by atoms with E-state index in [0.717, 1.165) is 0 Å². The van der Waals surface area contributed by atoms with E-state index in [-0.39, 0.29) is 0 Å². The lowest BCUT2D eigenvalue weighted by Crippen LogP contribution is -2.09. The first-order chi connectivity index (χ1) is 8.61. The van der Waals surface area contributed by atoms with Crippen molar-refractivity contribution < 1.29 is 0 Å². The van der Waals surface area contributed by atoms with Crippen LogP contribution in [0, 0.1) is 0 Å². The minimum absolute atomic E-state index is 0.343. The van der Waals surface area contributed by atoms with Gasteiger partial charge in [0.15, 0.2) is 5.82 Å². The van der Waals surface area contributed by atoms with E-state index in [0.29, 0.717) is 30.9 Å². The molecular formula is C10H7Cl3N4S. The van der Waals surface area contributed by atoms with Crippen LogP contribution in [0.3, 0.4) is 0 Å². The van der Waals surface area contributed by atoms with E-state index in [1.54, 1.807) is 24.4 Å². The number of halogens is 3. The molecule has 0 spiro atoms. The van der Waals surface area contributed by atoms with E-state index >= 15 is 0 Å². The maximum Gasteiger partial charge on any atom is 0.160 e. The van der Waals surface area contributed by atoms with Crippen molar-refractivity contribution in [3.05, 3.63) is 39.5 Å². The molecule has 3 N–H and O–H groups in total. The molecule has 8 heteroatoms. The second kappa shape index (κ2) is 5.95. The molecule has 2 heterocycles. The molecule has 2 aromatic rings. The summed E-state index contributed by atoms with van der Waals surface area (Å²) in [5.41, 5.74) is 2.39. The van der Waals surface area contributed by atoms with Crippen LogP contribution in [0.2, 0.25) is 15.1 Å². The van der Waals surface area contributed by atoms with E-state index < -0.39 is 0 Å². The first kappa shape index (κ1) is 13.7. The number of nitrogen functional groups attached to an aromatic ring is 1. The second-order valence-electron chi connectivity index (χ2n) is 3.14. The summed E-state index contributed by atoms with van der Waals surface area (Å²) in [5, 5.41) is 2.41.